The Morgan fingerprint density at radius 3 is 2.80 bits per heavy atom. The van der Waals surface area contributed by atoms with Crippen molar-refractivity contribution in [1.29, 1.82) is 0 Å². The third-order valence-electron chi connectivity index (χ3n) is 3.70. The van der Waals surface area contributed by atoms with Gasteiger partial charge in [0.25, 0.3) is 0 Å². The number of fused-ring (bicyclic) bond motifs is 1. The number of amidine groups is 1. The quantitative estimate of drug-likeness (QED) is 0.388. The Morgan fingerprint density at radius 1 is 1.45 bits per heavy atom. The highest BCUT2D eigenvalue weighted by Gasteiger charge is 2.14. The molecule has 2 rings (SSSR count). The summed E-state index contributed by atoms with van der Waals surface area (Å²) in [6.45, 7) is 4.27. The van der Waals surface area contributed by atoms with Crippen LogP contribution in [0.1, 0.15) is 25.8 Å². The van der Waals surface area contributed by atoms with E-state index in [0.29, 0.717) is 11.6 Å². The summed E-state index contributed by atoms with van der Waals surface area (Å²) in [5.74, 6) is 0.919. The van der Waals surface area contributed by atoms with Crippen LogP contribution in [0.5, 0.6) is 0 Å². The standard InChI is InChI=1S/C15H20N4O/c1-4-10(2)19(3)14-9-12(15(16)18-20)11-7-5-6-8-13(11)17-14/h5-10,20H,4H2,1-3H3,(H2,16,18). The zero-order valence-electron chi connectivity index (χ0n) is 12.0. The second kappa shape index (κ2) is 5.77. The number of pyridine rings is 1. The number of hydrogen-bond acceptors (Lipinski definition) is 4. The molecule has 20 heavy (non-hydrogen) atoms. The molecule has 0 saturated heterocycles. The van der Waals surface area contributed by atoms with Crippen LogP contribution < -0.4 is 10.6 Å². The number of oxime groups is 1. The minimum absolute atomic E-state index is 0.0994. The van der Waals surface area contributed by atoms with Crippen molar-refractivity contribution in [3.05, 3.63) is 35.9 Å². The lowest BCUT2D eigenvalue weighted by Gasteiger charge is -2.25. The van der Waals surface area contributed by atoms with E-state index in [-0.39, 0.29) is 5.84 Å². The maximum atomic E-state index is 8.96. The van der Waals surface area contributed by atoms with Crippen LogP contribution in [0.3, 0.4) is 0 Å². The van der Waals surface area contributed by atoms with Gasteiger partial charge in [0.15, 0.2) is 5.84 Å². The zero-order valence-corrected chi connectivity index (χ0v) is 12.0. The lowest BCUT2D eigenvalue weighted by Crippen LogP contribution is -2.29. The predicted molar refractivity (Wildman–Crippen MR) is 82.4 cm³/mol. The SMILES string of the molecule is CCC(C)N(C)c1cc(C(N)=NO)c2ccccc2n1. The van der Waals surface area contributed by atoms with Crippen molar-refractivity contribution < 1.29 is 5.21 Å². The molecule has 0 aliphatic heterocycles. The van der Waals surface area contributed by atoms with Gasteiger partial charge in [-0.15, -0.1) is 0 Å². The summed E-state index contributed by atoms with van der Waals surface area (Å²) < 4.78 is 0. The first-order valence-corrected chi connectivity index (χ1v) is 6.69. The first-order chi connectivity index (χ1) is 9.58. The highest BCUT2D eigenvalue weighted by molar-refractivity contribution is 6.08. The van der Waals surface area contributed by atoms with E-state index < -0.39 is 0 Å². The summed E-state index contributed by atoms with van der Waals surface area (Å²) in [4.78, 5) is 6.75. The molecule has 1 unspecified atom stereocenters. The van der Waals surface area contributed by atoms with E-state index >= 15 is 0 Å². The number of nitrogens with zero attached hydrogens (tertiary/aromatic N) is 3. The first kappa shape index (κ1) is 14.1. The number of hydrogen-bond donors (Lipinski definition) is 2. The topological polar surface area (TPSA) is 74.7 Å². The van der Waals surface area contributed by atoms with Gasteiger partial charge in [-0.2, -0.15) is 0 Å². The third-order valence-corrected chi connectivity index (χ3v) is 3.70. The Hall–Kier alpha value is -2.30. The Morgan fingerprint density at radius 2 is 2.15 bits per heavy atom. The van der Waals surface area contributed by atoms with Crippen LogP contribution in [0, 0.1) is 0 Å². The molecule has 0 aliphatic carbocycles. The fourth-order valence-electron chi connectivity index (χ4n) is 2.11. The van der Waals surface area contributed by atoms with Crippen LogP contribution in [-0.4, -0.2) is 29.1 Å². The van der Waals surface area contributed by atoms with Gasteiger partial charge < -0.3 is 15.8 Å². The smallest absolute Gasteiger partial charge is 0.170 e. The highest BCUT2D eigenvalue weighted by atomic mass is 16.4. The van der Waals surface area contributed by atoms with E-state index in [2.05, 4.69) is 28.9 Å². The molecule has 0 amide bonds. The van der Waals surface area contributed by atoms with Gasteiger partial charge >= 0.3 is 0 Å². The molecule has 5 heteroatoms. The summed E-state index contributed by atoms with van der Waals surface area (Å²) in [7, 11) is 2.00. The van der Waals surface area contributed by atoms with Crippen molar-refractivity contribution in [2.45, 2.75) is 26.3 Å². The van der Waals surface area contributed by atoms with Crippen LogP contribution in [0.2, 0.25) is 0 Å². The molecule has 3 N–H and O–H groups in total. The molecule has 0 bridgehead atoms. The molecule has 1 aromatic carbocycles. The van der Waals surface area contributed by atoms with Crippen molar-refractivity contribution in [2.24, 2.45) is 10.9 Å². The predicted octanol–water partition coefficient (Wildman–Crippen LogP) is 2.56. The molecular formula is C15H20N4O. The van der Waals surface area contributed by atoms with Gasteiger partial charge in [-0.25, -0.2) is 4.98 Å². The molecule has 2 aromatic rings. The van der Waals surface area contributed by atoms with Crippen molar-refractivity contribution >= 4 is 22.6 Å². The molecular weight excluding hydrogens is 252 g/mol. The van der Waals surface area contributed by atoms with Crippen LogP contribution in [0.4, 0.5) is 5.82 Å². The van der Waals surface area contributed by atoms with E-state index in [1.54, 1.807) is 0 Å². The van der Waals surface area contributed by atoms with Gasteiger partial charge in [-0.05, 0) is 25.5 Å². The van der Waals surface area contributed by atoms with Crippen molar-refractivity contribution in [3.8, 4) is 0 Å². The molecule has 0 fully saturated rings. The van der Waals surface area contributed by atoms with Crippen LogP contribution in [0.15, 0.2) is 35.5 Å². The average molecular weight is 272 g/mol. The monoisotopic (exact) mass is 272 g/mol. The Bertz CT molecular complexity index is 639. The fraction of sp³-hybridized carbons (Fsp3) is 0.333. The maximum absolute atomic E-state index is 8.96. The summed E-state index contributed by atoms with van der Waals surface area (Å²) in [5, 5.41) is 13.0. The zero-order chi connectivity index (χ0) is 14.7. The van der Waals surface area contributed by atoms with Gasteiger partial charge in [-0.1, -0.05) is 30.3 Å². The number of nitrogens with two attached hydrogens (primary N) is 1. The number of benzene rings is 1. The fourth-order valence-corrected chi connectivity index (χ4v) is 2.11. The molecule has 0 spiro atoms. The number of para-hydroxylation sites is 1. The lowest BCUT2D eigenvalue weighted by molar-refractivity contribution is 0.318. The Kier molecular flexibility index (Phi) is 4.08. The van der Waals surface area contributed by atoms with Gasteiger partial charge in [0.1, 0.15) is 5.82 Å². The molecule has 0 radical (unpaired) electrons. The second-order valence-corrected chi connectivity index (χ2v) is 4.90. The lowest BCUT2D eigenvalue weighted by atomic mass is 10.1. The summed E-state index contributed by atoms with van der Waals surface area (Å²) in [5.41, 5.74) is 7.32. The number of anilines is 1. The van der Waals surface area contributed by atoms with Crippen molar-refractivity contribution in [1.82, 2.24) is 4.98 Å². The minimum Gasteiger partial charge on any atom is -0.409 e. The Balaban J connectivity index is 2.64. The van der Waals surface area contributed by atoms with E-state index in [4.69, 9.17) is 10.9 Å². The molecule has 1 atom stereocenters. The third kappa shape index (κ3) is 2.52. The largest absolute Gasteiger partial charge is 0.409 e. The molecule has 5 nitrogen and oxygen atoms in total. The molecule has 1 heterocycles. The summed E-state index contributed by atoms with van der Waals surface area (Å²) in [6, 6.07) is 9.92. The molecule has 106 valence electrons. The number of aromatic nitrogens is 1. The molecule has 0 saturated carbocycles. The Labute approximate surface area is 118 Å². The summed E-state index contributed by atoms with van der Waals surface area (Å²) >= 11 is 0. The van der Waals surface area contributed by atoms with Gasteiger partial charge in [-0.3, -0.25) is 0 Å². The van der Waals surface area contributed by atoms with Crippen molar-refractivity contribution in [3.63, 3.8) is 0 Å². The minimum atomic E-state index is 0.0994. The number of rotatable bonds is 4. The second-order valence-electron chi connectivity index (χ2n) is 4.90. The average Bonchev–Trinajstić information content (AvgIpc) is 2.51. The normalized spacial score (nSPS) is 13.4. The van der Waals surface area contributed by atoms with Crippen LogP contribution >= 0.6 is 0 Å². The first-order valence-electron chi connectivity index (χ1n) is 6.69. The van der Waals surface area contributed by atoms with Crippen LogP contribution in [-0.2, 0) is 0 Å². The van der Waals surface area contributed by atoms with Gasteiger partial charge in [0, 0.05) is 24.0 Å². The summed E-state index contributed by atoms with van der Waals surface area (Å²) in [6.07, 6.45) is 1.02. The van der Waals surface area contributed by atoms with E-state index in [1.807, 2.05) is 37.4 Å². The van der Waals surface area contributed by atoms with Crippen LogP contribution in [0.25, 0.3) is 10.9 Å². The van der Waals surface area contributed by atoms with E-state index in [9.17, 15) is 0 Å². The molecule has 0 aliphatic rings. The van der Waals surface area contributed by atoms with E-state index in [1.165, 1.54) is 0 Å². The maximum Gasteiger partial charge on any atom is 0.170 e. The molecule has 1 aromatic heterocycles. The van der Waals surface area contributed by atoms with Gasteiger partial charge in [0.2, 0.25) is 0 Å². The highest BCUT2D eigenvalue weighted by Crippen LogP contribution is 2.23. The van der Waals surface area contributed by atoms with E-state index in [0.717, 1.165) is 23.1 Å². The van der Waals surface area contributed by atoms with Crippen molar-refractivity contribution in [2.75, 3.05) is 11.9 Å². The van der Waals surface area contributed by atoms with Gasteiger partial charge in [0.05, 0.1) is 5.52 Å².